The lowest BCUT2D eigenvalue weighted by atomic mass is 9.97. The Morgan fingerprint density at radius 2 is 1.67 bits per heavy atom. The number of hydrogen-bond acceptors (Lipinski definition) is 7. The monoisotopic (exact) mass is 378 g/mol. The maximum Gasteiger partial charge on any atom is 0.338 e. The van der Waals surface area contributed by atoms with Gasteiger partial charge in [0.05, 0.1) is 23.2 Å². The van der Waals surface area contributed by atoms with Crippen molar-refractivity contribution in [2.24, 2.45) is 0 Å². The smallest absolute Gasteiger partial charge is 0.338 e. The van der Waals surface area contributed by atoms with Crippen LogP contribution in [0.4, 0.5) is 5.69 Å². The molecule has 1 aliphatic rings. The number of nitro benzene ring substituents is 1. The van der Waals surface area contributed by atoms with E-state index in [0.29, 0.717) is 0 Å². The van der Waals surface area contributed by atoms with Gasteiger partial charge in [-0.3, -0.25) is 14.9 Å². The first-order valence-corrected chi connectivity index (χ1v) is 8.60. The van der Waals surface area contributed by atoms with E-state index in [4.69, 9.17) is 4.74 Å². The van der Waals surface area contributed by atoms with Gasteiger partial charge in [0.25, 0.3) is 11.6 Å². The number of benzene rings is 1. The molecule has 1 saturated heterocycles. The Balaban J connectivity index is 2.13. The van der Waals surface area contributed by atoms with Gasteiger partial charge in [-0.15, -0.1) is 0 Å². The summed E-state index contributed by atoms with van der Waals surface area (Å²) in [5.74, 6) is -2.06. The molecule has 2 atom stereocenters. The van der Waals surface area contributed by atoms with Crippen molar-refractivity contribution in [2.45, 2.75) is 45.2 Å². The normalized spacial score (nSPS) is 19.3. The first-order valence-electron chi connectivity index (χ1n) is 8.60. The van der Waals surface area contributed by atoms with Crippen LogP contribution in [0.3, 0.4) is 0 Å². The van der Waals surface area contributed by atoms with Gasteiger partial charge in [0, 0.05) is 24.2 Å². The molecule has 9 heteroatoms. The summed E-state index contributed by atoms with van der Waals surface area (Å²) in [5, 5.41) is 11.0. The highest BCUT2D eigenvalue weighted by molar-refractivity contribution is 5.97. The standard InChI is InChI=1S/C18H22N2O7/c1-11-5-4-6-12(2)19(11)16(21)10-27-18(23)14-7-13(17(22)26-3)8-15(9-14)20(24)25/h7-9,11-12H,4-6,10H2,1-3H3/t11-,12+. The van der Waals surface area contributed by atoms with Crippen molar-refractivity contribution in [2.75, 3.05) is 13.7 Å². The molecule has 0 saturated carbocycles. The van der Waals surface area contributed by atoms with Gasteiger partial charge in [-0.25, -0.2) is 9.59 Å². The van der Waals surface area contributed by atoms with Crippen LogP contribution in [0.1, 0.15) is 53.8 Å². The Morgan fingerprint density at radius 3 is 2.19 bits per heavy atom. The van der Waals surface area contributed by atoms with Gasteiger partial charge >= 0.3 is 11.9 Å². The van der Waals surface area contributed by atoms with Gasteiger partial charge in [0.1, 0.15) is 0 Å². The minimum atomic E-state index is -0.922. The first-order chi connectivity index (χ1) is 12.7. The average molecular weight is 378 g/mol. The largest absolute Gasteiger partial charge is 0.465 e. The number of non-ortho nitro benzene ring substituents is 1. The number of piperidine rings is 1. The van der Waals surface area contributed by atoms with Crippen molar-refractivity contribution in [3.05, 3.63) is 39.4 Å². The fraction of sp³-hybridized carbons (Fsp3) is 0.500. The predicted octanol–water partition coefficient (Wildman–Crippen LogP) is 2.33. The van der Waals surface area contributed by atoms with Crippen molar-refractivity contribution in [1.82, 2.24) is 4.90 Å². The summed E-state index contributed by atoms with van der Waals surface area (Å²) in [6.07, 6.45) is 2.81. The number of rotatable bonds is 5. The van der Waals surface area contributed by atoms with E-state index in [1.807, 2.05) is 13.8 Å². The van der Waals surface area contributed by atoms with Gasteiger partial charge < -0.3 is 14.4 Å². The van der Waals surface area contributed by atoms with E-state index in [9.17, 15) is 24.5 Å². The Labute approximate surface area is 156 Å². The Morgan fingerprint density at radius 1 is 1.11 bits per heavy atom. The fourth-order valence-electron chi connectivity index (χ4n) is 3.27. The van der Waals surface area contributed by atoms with Crippen molar-refractivity contribution in [1.29, 1.82) is 0 Å². The Kier molecular flexibility index (Phi) is 6.49. The van der Waals surface area contributed by atoms with Crippen LogP contribution in [-0.2, 0) is 14.3 Å². The molecule has 0 radical (unpaired) electrons. The van der Waals surface area contributed by atoms with Crippen molar-refractivity contribution < 1.29 is 28.8 Å². The number of hydrogen-bond donors (Lipinski definition) is 0. The van der Waals surface area contributed by atoms with Crippen LogP contribution in [0.5, 0.6) is 0 Å². The third-order valence-corrected chi connectivity index (χ3v) is 4.59. The van der Waals surface area contributed by atoms with Crippen LogP contribution >= 0.6 is 0 Å². The van der Waals surface area contributed by atoms with Gasteiger partial charge in [-0.1, -0.05) is 0 Å². The van der Waals surface area contributed by atoms with Crippen LogP contribution in [0.15, 0.2) is 18.2 Å². The van der Waals surface area contributed by atoms with E-state index in [1.165, 1.54) is 0 Å². The number of ether oxygens (including phenoxy) is 2. The van der Waals surface area contributed by atoms with E-state index in [2.05, 4.69) is 4.74 Å². The molecule has 1 aromatic rings. The van der Waals surface area contributed by atoms with Gasteiger partial charge in [0.15, 0.2) is 6.61 Å². The van der Waals surface area contributed by atoms with Crippen LogP contribution in [0.25, 0.3) is 0 Å². The molecule has 27 heavy (non-hydrogen) atoms. The van der Waals surface area contributed by atoms with Gasteiger partial charge in [0.2, 0.25) is 0 Å². The quantitative estimate of drug-likeness (QED) is 0.438. The zero-order chi connectivity index (χ0) is 20.1. The summed E-state index contributed by atoms with van der Waals surface area (Å²) in [6.45, 7) is 3.42. The minimum Gasteiger partial charge on any atom is -0.465 e. The molecule has 0 bridgehead atoms. The lowest BCUT2D eigenvalue weighted by molar-refractivity contribution is -0.384. The summed E-state index contributed by atoms with van der Waals surface area (Å²) in [7, 11) is 1.12. The van der Waals surface area contributed by atoms with Crippen molar-refractivity contribution >= 4 is 23.5 Å². The zero-order valence-electron chi connectivity index (χ0n) is 15.5. The van der Waals surface area contributed by atoms with E-state index in [1.54, 1.807) is 4.90 Å². The Hall–Kier alpha value is -2.97. The summed E-state index contributed by atoms with van der Waals surface area (Å²) in [6, 6.07) is 3.25. The van der Waals surface area contributed by atoms with Crippen LogP contribution < -0.4 is 0 Å². The molecule has 2 rings (SSSR count). The van der Waals surface area contributed by atoms with E-state index < -0.39 is 29.2 Å². The molecule has 1 fully saturated rings. The lowest BCUT2D eigenvalue weighted by Crippen LogP contribution is -2.49. The number of carbonyl (C=O) groups is 3. The molecule has 0 unspecified atom stereocenters. The zero-order valence-corrected chi connectivity index (χ0v) is 15.5. The molecule has 1 aliphatic heterocycles. The van der Waals surface area contributed by atoms with E-state index in [0.717, 1.165) is 44.6 Å². The van der Waals surface area contributed by atoms with Crippen LogP contribution in [0.2, 0.25) is 0 Å². The molecule has 1 amide bonds. The molecule has 0 aliphatic carbocycles. The fourth-order valence-corrected chi connectivity index (χ4v) is 3.27. The molecule has 0 spiro atoms. The highest BCUT2D eigenvalue weighted by atomic mass is 16.6. The summed E-state index contributed by atoms with van der Waals surface area (Å²) < 4.78 is 9.57. The van der Waals surface area contributed by atoms with Gasteiger partial charge in [-0.05, 0) is 39.2 Å². The highest BCUT2D eigenvalue weighted by Crippen LogP contribution is 2.23. The molecule has 0 aromatic heterocycles. The molecule has 1 heterocycles. The van der Waals surface area contributed by atoms with Gasteiger partial charge in [-0.2, -0.15) is 0 Å². The number of carbonyl (C=O) groups excluding carboxylic acids is 3. The third kappa shape index (κ3) is 4.81. The van der Waals surface area contributed by atoms with Crippen LogP contribution in [0, 0.1) is 10.1 Å². The highest BCUT2D eigenvalue weighted by Gasteiger charge is 2.29. The van der Waals surface area contributed by atoms with E-state index >= 15 is 0 Å². The maximum absolute atomic E-state index is 12.4. The predicted molar refractivity (Wildman–Crippen MR) is 94.3 cm³/mol. The number of methoxy groups -OCH3 is 1. The molecule has 9 nitrogen and oxygen atoms in total. The average Bonchev–Trinajstić information content (AvgIpc) is 2.64. The second-order valence-electron chi connectivity index (χ2n) is 6.52. The second-order valence-corrected chi connectivity index (χ2v) is 6.52. The van der Waals surface area contributed by atoms with Crippen LogP contribution in [-0.4, -0.2) is 53.5 Å². The number of amides is 1. The molecule has 0 N–H and O–H groups in total. The second kappa shape index (κ2) is 8.61. The van der Waals surface area contributed by atoms with Crippen molar-refractivity contribution in [3.8, 4) is 0 Å². The summed E-state index contributed by atoms with van der Waals surface area (Å²) >= 11 is 0. The van der Waals surface area contributed by atoms with E-state index in [-0.39, 0.29) is 29.1 Å². The summed E-state index contributed by atoms with van der Waals surface area (Å²) in [5.41, 5.74) is -0.796. The minimum absolute atomic E-state index is 0.0590. The van der Waals surface area contributed by atoms with Crippen molar-refractivity contribution in [3.63, 3.8) is 0 Å². The lowest BCUT2D eigenvalue weighted by Gasteiger charge is -2.38. The first kappa shape index (κ1) is 20.3. The number of nitrogens with zero attached hydrogens (tertiary/aromatic N) is 2. The molecular formula is C18H22N2O7. The molecular weight excluding hydrogens is 356 g/mol. The maximum atomic E-state index is 12.4. The molecule has 146 valence electrons. The Bertz CT molecular complexity index is 752. The topological polar surface area (TPSA) is 116 Å². The SMILES string of the molecule is COC(=O)c1cc(C(=O)OCC(=O)N2[C@H](C)CCC[C@@H]2C)cc([N+](=O)[O-])c1. The third-order valence-electron chi connectivity index (χ3n) is 4.59. The number of nitro groups is 1. The number of likely N-dealkylation sites (tertiary alicyclic amines) is 1. The number of esters is 2. The molecule has 1 aromatic carbocycles. The summed E-state index contributed by atoms with van der Waals surface area (Å²) in [4.78, 5) is 48.3.